The molecule has 0 bridgehead atoms. The van der Waals surface area contributed by atoms with Crippen molar-refractivity contribution >= 4 is 27.9 Å². The number of hydrogen-bond donors (Lipinski definition) is 2. The summed E-state index contributed by atoms with van der Waals surface area (Å²) in [6.45, 7) is 1.09. The molecule has 0 aromatic heterocycles. The third-order valence-corrected chi connectivity index (χ3v) is 6.79. The van der Waals surface area contributed by atoms with Crippen LogP contribution in [0.15, 0.2) is 35.2 Å². The normalized spacial score (nSPS) is 18.6. The van der Waals surface area contributed by atoms with Crippen LogP contribution in [0.25, 0.3) is 6.08 Å². The number of hydrogen-bond acceptors (Lipinski definition) is 4. The van der Waals surface area contributed by atoms with Crippen molar-refractivity contribution in [1.29, 1.82) is 0 Å². The molecular weight excluding hydrogens is 378 g/mol. The maximum Gasteiger partial charge on any atom is 0.244 e. The maximum absolute atomic E-state index is 12.8. The van der Waals surface area contributed by atoms with Gasteiger partial charge in [0.2, 0.25) is 21.8 Å². The number of nitrogens with one attached hydrogen (secondary N) is 2. The van der Waals surface area contributed by atoms with Crippen molar-refractivity contribution in [2.45, 2.75) is 49.5 Å². The van der Waals surface area contributed by atoms with Crippen LogP contribution in [0.2, 0.25) is 0 Å². The van der Waals surface area contributed by atoms with Crippen LogP contribution < -0.4 is 10.6 Å². The fraction of sp³-hybridized carbons (Fsp3) is 0.500. The minimum atomic E-state index is -3.47. The lowest BCUT2D eigenvalue weighted by molar-refractivity contribution is -0.124. The molecule has 0 radical (unpaired) electrons. The molecule has 1 aliphatic carbocycles. The van der Waals surface area contributed by atoms with E-state index in [1.807, 2.05) is 0 Å². The largest absolute Gasteiger partial charge is 0.352 e. The van der Waals surface area contributed by atoms with Crippen LogP contribution in [0.1, 0.15) is 44.1 Å². The molecule has 2 aliphatic rings. The SMILES string of the molecule is O=C(/C=C/c1ccc(S(=O)(=O)N2CCCCCC2)cc1)NCC(=O)NC1CC1. The second-order valence-corrected chi connectivity index (χ2v) is 9.22. The van der Waals surface area contributed by atoms with Crippen LogP contribution >= 0.6 is 0 Å². The molecule has 152 valence electrons. The first-order valence-electron chi connectivity index (χ1n) is 9.81. The van der Waals surface area contributed by atoms with Crippen molar-refractivity contribution in [3.63, 3.8) is 0 Å². The Bertz CT molecular complexity index is 822. The third-order valence-electron chi connectivity index (χ3n) is 4.88. The summed E-state index contributed by atoms with van der Waals surface area (Å²) >= 11 is 0. The number of carbonyl (C=O) groups is 2. The van der Waals surface area contributed by atoms with Crippen LogP contribution in [0.4, 0.5) is 0 Å². The topological polar surface area (TPSA) is 95.6 Å². The summed E-state index contributed by atoms with van der Waals surface area (Å²) in [6, 6.07) is 6.76. The van der Waals surface area contributed by atoms with E-state index in [0.29, 0.717) is 18.7 Å². The standard InChI is InChI=1S/C20H27N3O4S/c24-19(21-15-20(25)22-17-8-9-17)12-7-16-5-10-18(11-6-16)28(26,27)23-13-3-1-2-4-14-23/h5-7,10-12,17H,1-4,8-9,13-15H2,(H,21,24)(H,22,25)/b12-7+. The highest BCUT2D eigenvalue weighted by molar-refractivity contribution is 7.89. The number of rotatable bonds is 7. The van der Waals surface area contributed by atoms with Gasteiger partial charge in [-0.15, -0.1) is 0 Å². The Hall–Kier alpha value is -2.19. The van der Waals surface area contributed by atoms with E-state index in [9.17, 15) is 18.0 Å². The summed E-state index contributed by atoms with van der Waals surface area (Å²) in [5, 5.41) is 5.33. The van der Waals surface area contributed by atoms with Crippen molar-refractivity contribution in [2.75, 3.05) is 19.6 Å². The predicted octanol–water partition coefficient (Wildman–Crippen LogP) is 1.66. The molecule has 1 aromatic carbocycles. The van der Waals surface area contributed by atoms with Gasteiger partial charge in [-0.1, -0.05) is 25.0 Å². The van der Waals surface area contributed by atoms with Crippen LogP contribution in [0, 0.1) is 0 Å². The zero-order valence-electron chi connectivity index (χ0n) is 15.9. The smallest absolute Gasteiger partial charge is 0.244 e. The Balaban J connectivity index is 1.53. The molecule has 7 nitrogen and oxygen atoms in total. The second kappa shape index (κ2) is 9.34. The van der Waals surface area contributed by atoms with Crippen molar-refractivity contribution < 1.29 is 18.0 Å². The zero-order chi connectivity index (χ0) is 20.0. The Kier molecular flexibility index (Phi) is 6.85. The highest BCUT2D eigenvalue weighted by atomic mass is 32.2. The number of amides is 2. The molecule has 1 aliphatic heterocycles. The lowest BCUT2D eigenvalue weighted by Gasteiger charge is -2.19. The summed E-state index contributed by atoms with van der Waals surface area (Å²) < 4.78 is 27.1. The van der Waals surface area contributed by atoms with Crippen LogP contribution in [0.5, 0.6) is 0 Å². The fourth-order valence-electron chi connectivity index (χ4n) is 3.09. The maximum atomic E-state index is 12.8. The van der Waals surface area contributed by atoms with Crippen molar-refractivity contribution in [2.24, 2.45) is 0 Å². The predicted molar refractivity (Wildman–Crippen MR) is 107 cm³/mol. The molecule has 8 heteroatoms. The zero-order valence-corrected chi connectivity index (χ0v) is 16.7. The van der Waals surface area contributed by atoms with E-state index in [-0.39, 0.29) is 29.3 Å². The number of sulfonamides is 1. The van der Waals surface area contributed by atoms with E-state index in [0.717, 1.165) is 38.5 Å². The molecule has 2 amide bonds. The highest BCUT2D eigenvalue weighted by Crippen LogP contribution is 2.21. The Morgan fingerprint density at radius 1 is 1.04 bits per heavy atom. The number of benzene rings is 1. The van der Waals surface area contributed by atoms with Gasteiger partial charge in [-0.25, -0.2) is 8.42 Å². The van der Waals surface area contributed by atoms with Gasteiger partial charge in [0, 0.05) is 25.2 Å². The van der Waals surface area contributed by atoms with E-state index in [4.69, 9.17) is 0 Å². The van der Waals surface area contributed by atoms with Gasteiger partial charge in [-0.3, -0.25) is 9.59 Å². The van der Waals surface area contributed by atoms with Crippen molar-refractivity contribution in [3.8, 4) is 0 Å². The van der Waals surface area contributed by atoms with Crippen LogP contribution in [0.3, 0.4) is 0 Å². The monoisotopic (exact) mass is 405 g/mol. The molecule has 0 spiro atoms. The molecule has 1 aromatic rings. The van der Waals surface area contributed by atoms with Gasteiger partial charge in [0.25, 0.3) is 0 Å². The molecule has 3 rings (SSSR count). The van der Waals surface area contributed by atoms with Gasteiger partial charge < -0.3 is 10.6 Å². The highest BCUT2D eigenvalue weighted by Gasteiger charge is 2.25. The fourth-order valence-corrected chi connectivity index (χ4v) is 4.60. The average molecular weight is 406 g/mol. The van der Waals surface area contributed by atoms with Gasteiger partial charge in [0.05, 0.1) is 11.4 Å². The molecule has 0 atom stereocenters. The van der Waals surface area contributed by atoms with Crippen LogP contribution in [-0.4, -0.2) is 50.2 Å². The summed E-state index contributed by atoms with van der Waals surface area (Å²) in [5.41, 5.74) is 0.715. The number of nitrogens with zero attached hydrogens (tertiary/aromatic N) is 1. The second-order valence-electron chi connectivity index (χ2n) is 7.28. The molecule has 28 heavy (non-hydrogen) atoms. The van der Waals surface area contributed by atoms with E-state index in [2.05, 4.69) is 10.6 Å². The Labute approximate surface area is 166 Å². The molecule has 1 heterocycles. The van der Waals surface area contributed by atoms with Gasteiger partial charge in [-0.05, 0) is 49.5 Å². The summed E-state index contributed by atoms with van der Waals surface area (Å²) in [7, 11) is -3.47. The Morgan fingerprint density at radius 3 is 2.29 bits per heavy atom. The molecule has 1 saturated heterocycles. The van der Waals surface area contributed by atoms with Gasteiger partial charge >= 0.3 is 0 Å². The minimum absolute atomic E-state index is 0.0489. The van der Waals surface area contributed by atoms with Crippen molar-refractivity contribution in [3.05, 3.63) is 35.9 Å². The van der Waals surface area contributed by atoms with E-state index < -0.39 is 10.0 Å². The van der Waals surface area contributed by atoms with E-state index in [1.54, 1.807) is 34.6 Å². The van der Waals surface area contributed by atoms with Gasteiger partial charge in [0.1, 0.15) is 0 Å². The van der Waals surface area contributed by atoms with Crippen molar-refractivity contribution in [1.82, 2.24) is 14.9 Å². The summed E-state index contributed by atoms with van der Waals surface area (Å²) in [4.78, 5) is 23.6. The molecular formula is C20H27N3O4S. The van der Waals surface area contributed by atoms with E-state index >= 15 is 0 Å². The van der Waals surface area contributed by atoms with Gasteiger partial charge in [0.15, 0.2) is 0 Å². The third kappa shape index (κ3) is 5.90. The molecule has 2 fully saturated rings. The molecule has 1 saturated carbocycles. The first-order valence-corrected chi connectivity index (χ1v) is 11.2. The first kappa shape index (κ1) is 20.5. The number of carbonyl (C=O) groups excluding carboxylic acids is 2. The first-order chi connectivity index (χ1) is 13.4. The molecule has 2 N–H and O–H groups in total. The minimum Gasteiger partial charge on any atom is -0.352 e. The Morgan fingerprint density at radius 2 is 1.68 bits per heavy atom. The lowest BCUT2D eigenvalue weighted by Crippen LogP contribution is -2.37. The average Bonchev–Trinajstić information content (AvgIpc) is 3.52. The molecule has 0 unspecified atom stereocenters. The summed E-state index contributed by atoms with van der Waals surface area (Å²) in [6.07, 6.45) is 8.87. The van der Waals surface area contributed by atoms with E-state index in [1.165, 1.54) is 6.08 Å². The lowest BCUT2D eigenvalue weighted by atomic mass is 10.2. The quantitative estimate of drug-likeness (QED) is 0.675. The van der Waals surface area contributed by atoms with Crippen LogP contribution in [-0.2, 0) is 19.6 Å². The summed E-state index contributed by atoms with van der Waals surface area (Å²) in [5.74, 6) is -0.556. The van der Waals surface area contributed by atoms with Gasteiger partial charge in [-0.2, -0.15) is 4.31 Å².